The van der Waals surface area contributed by atoms with Crippen molar-refractivity contribution in [1.82, 2.24) is 4.98 Å². The molecule has 0 saturated heterocycles. The maximum Gasteiger partial charge on any atom is 0.146 e. The molecule has 0 unspecified atom stereocenters. The SMILES string of the molecule is Clc1ccc(-c2c/c(=N/Nc3ccc4ccccc4n3)c3ccccc3o2)cc1. The summed E-state index contributed by atoms with van der Waals surface area (Å²) >= 11 is 6.02. The van der Waals surface area contributed by atoms with Gasteiger partial charge in [-0.15, -0.1) is 0 Å². The molecule has 0 amide bonds. The van der Waals surface area contributed by atoms with E-state index in [-0.39, 0.29) is 0 Å². The largest absolute Gasteiger partial charge is 0.456 e. The average Bonchev–Trinajstić information content (AvgIpc) is 2.77. The van der Waals surface area contributed by atoms with Crippen LogP contribution < -0.4 is 10.8 Å². The van der Waals surface area contributed by atoms with Gasteiger partial charge in [0.05, 0.1) is 10.9 Å². The topological polar surface area (TPSA) is 50.4 Å². The van der Waals surface area contributed by atoms with Crippen LogP contribution in [-0.2, 0) is 0 Å². The zero-order valence-electron chi connectivity index (χ0n) is 15.3. The predicted octanol–water partition coefficient (Wildman–Crippen LogP) is 6.23. The first-order valence-electron chi connectivity index (χ1n) is 9.21. The first-order valence-corrected chi connectivity index (χ1v) is 9.58. The van der Waals surface area contributed by atoms with E-state index in [0.717, 1.165) is 32.8 Å². The Hall–Kier alpha value is -3.63. The molecule has 2 aromatic heterocycles. The van der Waals surface area contributed by atoms with Crippen molar-refractivity contribution >= 4 is 39.3 Å². The van der Waals surface area contributed by atoms with Gasteiger partial charge in [0, 0.05) is 27.4 Å². The summed E-state index contributed by atoms with van der Waals surface area (Å²) in [4.78, 5) is 4.62. The van der Waals surface area contributed by atoms with Crippen LogP contribution in [0.15, 0.2) is 101 Å². The molecule has 0 aliphatic rings. The summed E-state index contributed by atoms with van der Waals surface area (Å²) in [5.41, 5.74) is 5.69. The zero-order valence-corrected chi connectivity index (χ0v) is 16.1. The second-order valence-electron chi connectivity index (χ2n) is 6.61. The standard InChI is InChI=1S/C24H16ClN3O/c25-18-12-9-17(10-13-18)23-15-21(19-6-2-4-8-22(19)29-23)27-28-24-14-11-16-5-1-3-7-20(16)26-24/h1-15H,(H,26,28)/b27-21-. The quantitative estimate of drug-likeness (QED) is 0.367. The minimum atomic E-state index is 0.682. The summed E-state index contributed by atoms with van der Waals surface area (Å²) < 4.78 is 6.09. The van der Waals surface area contributed by atoms with Crippen molar-refractivity contribution in [2.45, 2.75) is 0 Å². The molecular formula is C24H16ClN3O. The van der Waals surface area contributed by atoms with E-state index in [1.807, 2.05) is 91.0 Å². The highest BCUT2D eigenvalue weighted by molar-refractivity contribution is 6.30. The second kappa shape index (κ2) is 7.41. The minimum Gasteiger partial charge on any atom is -0.456 e. The third-order valence-corrected chi connectivity index (χ3v) is 4.92. The van der Waals surface area contributed by atoms with Gasteiger partial charge in [0.25, 0.3) is 0 Å². The van der Waals surface area contributed by atoms with Crippen LogP contribution in [0, 0.1) is 0 Å². The zero-order chi connectivity index (χ0) is 19.6. The number of rotatable bonds is 3. The van der Waals surface area contributed by atoms with Gasteiger partial charge in [-0.25, -0.2) is 4.98 Å². The number of nitrogens with one attached hydrogen (secondary N) is 1. The normalized spacial score (nSPS) is 11.8. The van der Waals surface area contributed by atoms with Crippen LogP contribution in [0.3, 0.4) is 0 Å². The lowest BCUT2D eigenvalue weighted by molar-refractivity contribution is 0.618. The number of pyridine rings is 1. The minimum absolute atomic E-state index is 0.682. The molecule has 0 radical (unpaired) electrons. The van der Waals surface area contributed by atoms with E-state index in [1.165, 1.54) is 0 Å². The predicted molar refractivity (Wildman–Crippen MR) is 118 cm³/mol. The molecule has 5 rings (SSSR count). The van der Waals surface area contributed by atoms with Crippen LogP contribution in [-0.4, -0.2) is 4.98 Å². The van der Waals surface area contributed by atoms with Crippen molar-refractivity contribution in [3.63, 3.8) is 0 Å². The van der Waals surface area contributed by atoms with Gasteiger partial charge < -0.3 is 4.42 Å². The van der Waals surface area contributed by atoms with Crippen molar-refractivity contribution in [2.75, 3.05) is 5.43 Å². The van der Waals surface area contributed by atoms with Gasteiger partial charge in [-0.05, 0) is 54.6 Å². The summed E-state index contributed by atoms with van der Waals surface area (Å²) in [7, 11) is 0. The van der Waals surface area contributed by atoms with Gasteiger partial charge in [0.1, 0.15) is 17.2 Å². The van der Waals surface area contributed by atoms with E-state index < -0.39 is 0 Å². The summed E-state index contributed by atoms with van der Waals surface area (Å²) in [5.74, 6) is 1.40. The summed E-state index contributed by atoms with van der Waals surface area (Å²) in [5, 5.41) is 8.08. The van der Waals surface area contributed by atoms with E-state index >= 15 is 0 Å². The van der Waals surface area contributed by atoms with Crippen molar-refractivity contribution in [2.24, 2.45) is 5.10 Å². The van der Waals surface area contributed by atoms with Crippen LogP contribution >= 0.6 is 11.6 Å². The van der Waals surface area contributed by atoms with Crippen molar-refractivity contribution in [1.29, 1.82) is 0 Å². The molecule has 0 fully saturated rings. The molecule has 0 atom stereocenters. The summed E-state index contributed by atoms with van der Waals surface area (Å²) in [6.07, 6.45) is 0. The fourth-order valence-corrected chi connectivity index (χ4v) is 3.34. The van der Waals surface area contributed by atoms with Crippen LogP contribution in [0.5, 0.6) is 0 Å². The highest BCUT2D eigenvalue weighted by atomic mass is 35.5. The van der Waals surface area contributed by atoms with Crippen LogP contribution in [0.2, 0.25) is 5.02 Å². The van der Waals surface area contributed by atoms with Gasteiger partial charge >= 0.3 is 0 Å². The molecule has 29 heavy (non-hydrogen) atoms. The highest BCUT2D eigenvalue weighted by Crippen LogP contribution is 2.23. The molecule has 140 valence electrons. The lowest BCUT2D eigenvalue weighted by Gasteiger charge is -2.06. The molecular weight excluding hydrogens is 382 g/mol. The number of aromatic nitrogens is 1. The van der Waals surface area contributed by atoms with Crippen LogP contribution in [0.1, 0.15) is 0 Å². The number of benzene rings is 3. The molecule has 1 N–H and O–H groups in total. The molecule has 5 heteroatoms. The lowest BCUT2D eigenvalue weighted by Crippen LogP contribution is -2.08. The van der Waals surface area contributed by atoms with Crippen LogP contribution in [0.4, 0.5) is 5.82 Å². The molecule has 0 spiro atoms. The highest BCUT2D eigenvalue weighted by Gasteiger charge is 2.06. The van der Waals surface area contributed by atoms with E-state index in [1.54, 1.807) is 0 Å². The smallest absolute Gasteiger partial charge is 0.146 e. The third-order valence-electron chi connectivity index (χ3n) is 4.67. The van der Waals surface area contributed by atoms with E-state index in [9.17, 15) is 0 Å². The van der Waals surface area contributed by atoms with E-state index in [4.69, 9.17) is 16.0 Å². The number of hydrogen-bond donors (Lipinski definition) is 1. The fraction of sp³-hybridized carbons (Fsp3) is 0. The summed E-state index contributed by atoms with van der Waals surface area (Å²) in [6, 6.07) is 29.2. The maximum absolute atomic E-state index is 6.09. The summed E-state index contributed by atoms with van der Waals surface area (Å²) in [6.45, 7) is 0. The Balaban J connectivity index is 1.61. The lowest BCUT2D eigenvalue weighted by atomic mass is 10.1. The second-order valence-corrected chi connectivity index (χ2v) is 7.05. The molecule has 0 aliphatic carbocycles. The van der Waals surface area contributed by atoms with E-state index in [2.05, 4.69) is 15.5 Å². The van der Waals surface area contributed by atoms with E-state index in [0.29, 0.717) is 16.6 Å². The number of anilines is 1. The number of fused-ring (bicyclic) bond motifs is 2. The van der Waals surface area contributed by atoms with Crippen molar-refractivity contribution in [3.05, 3.63) is 101 Å². The monoisotopic (exact) mass is 397 g/mol. The Bertz CT molecular complexity index is 1390. The third kappa shape index (κ3) is 3.58. The molecule has 3 aromatic carbocycles. The number of para-hydroxylation sites is 2. The Morgan fingerprint density at radius 3 is 2.52 bits per heavy atom. The molecule has 0 saturated carbocycles. The maximum atomic E-state index is 6.09. The van der Waals surface area contributed by atoms with Crippen molar-refractivity contribution < 1.29 is 4.42 Å². The molecule has 0 aliphatic heterocycles. The number of hydrogen-bond acceptors (Lipinski definition) is 4. The Kier molecular flexibility index (Phi) is 4.47. The van der Waals surface area contributed by atoms with Crippen LogP contribution in [0.25, 0.3) is 33.2 Å². The first kappa shape index (κ1) is 17.5. The Morgan fingerprint density at radius 2 is 1.62 bits per heavy atom. The Morgan fingerprint density at radius 1 is 0.828 bits per heavy atom. The van der Waals surface area contributed by atoms with Gasteiger partial charge in [0.15, 0.2) is 0 Å². The molecule has 0 bridgehead atoms. The number of halogens is 1. The van der Waals surface area contributed by atoms with Gasteiger partial charge in [-0.1, -0.05) is 41.9 Å². The van der Waals surface area contributed by atoms with Gasteiger partial charge in [0.2, 0.25) is 0 Å². The van der Waals surface area contributed by atoms with Crippen molar-refractivity contribution in [3.8, 4) is 11.3 Å². The number of nitrogens with zero attached hydrogens (tertiary/aromatic N) is 2. The molecule has 5 aromatic rings. The molecule has 2 heterocycles. The van der Waals surface area contributed by atoms with Gasteiger partial charge in [-0.2, -0.15) is 5.10 Å². The fourth-order valence-electron chi connectivity index (χ4n) is 3.21. The average molecular weight is 398 g/mol. The van der Waals surface area contributed by atoms with Gasteiger partial charge in [-0.3, -0.25) is 5.43 Å². The first-order chi connectivity index (χ1) is 14.3. The molecule has 4 nitrogen and oxygen atoms in total. The Labute approximate surface area is 172 Å².